The van der Waals surface area contributed by atoms with E-state index in [0.29, 0.717) is 0 Å². The SMILES string of the molecule is C#CC1C=N1. The normalized spacial score (nSPS) is 29.0. The van der Waals surface area contributed by atoms with Crippen LogP contribution in [0.15, 0.2) is 4.99 Å². The standard InChI is InChI=1S/C4H3N/c1-2-4-3-5-4/h1,3-4H. The largest absolute Gasteiger partial charge is 0.272 e. The van der Waals surface area contributed by atoms with Crippen molar-refractivity contribution in [3.05, 3.63) is 0 Å². The van der Waals surface area contributed by atoms with Crippen molar-refractivity contribution < 1.29 is 0 Å². The van der Waals surface area contributed by atoms with Crippen molar-refractivity contribution in [2.24, 2.45) is 4.99 Å². The molecule has 0 N–H and O–H groups in total. The maximum Gasteiger partial charge on any atom is 0.144 e. The Morgan fingerprint density at radius 2 is 2.60 bits per heavy atom. The van der Waals surface area contributed by atoms with E-state index in [1.807, 2.05) is 0 Å². The molecule has 24 valence electrons. The van der Waals surface area contributed by atoms with E-state index >= 15 is 0 Å². The number of terminal acetylenes is 1. The third-order valence-electron chi connectivity index (χ3n) is 0.469. The Bertz CT molecular complexity index is 90.7. The highest BCUT2D eigenvalue weighted by atomic mass is 14.9. The van der Waals surface area contributed by atoms with E-state index in [2.05, 4.69) is 10.9 Å². The maximum absolute atomic E-state index is 4.86. The molecule has 1 nitrogen and oxygen atoms in total. The summed E-state index contributed by atoms with van der Waals surface area (Å²) in [5.74, 6) is 2.42. The van der Waals surface area contributed by atoms with E-state index in [9.17, 15) is 0 Å². The molecule has 5 heavy (non-hydrogen) atoms. The fraction of sp³-hybridized carbons (Fsp3) is 0.250. The fourth-order valence-corrected chi connectivity index (χ4v) is 0.129. The molecule has 0 saturated heterocycles. The van der Waals surface area contributed by atoms with Gasteiger partial charge in [-0.25, -0.2) is 0 Å². The van der Waals surface area contributed by atoms with Gasteiger partial charge in [-0.05, 0) is 0 Å². The van der Waals surface area contributed by atoms with Crippen LogP contribution >= 0.6 is 0 Å². The zero-order valence-corrected chi connectivity index (χ0v) is 2.68. The van der Waals surface area contributed by atoms with Gasteiger partial charge < -0.3 is 0 Å². The number of hydrogen-bond donors (Lipinski definition) is 0. The number of nitrogens with zero attached hydrogens (tertiary/aromatic N) is 1. The van der Waals surface area contributed by atoms with Gasteiger partial charge in [-0.3, -0.25) is 4.99 Å². The smallest absolute Gasteiger partial charge is 0.144 e. The summed E-state index contributed by atoms with van der Waals surface area (Å²) in [6.07, 6.45) is 6.59. The molecule has 0 fully saturated rings. The molecular formula is C4H3N. The molecule has 0 aromatic rings. The van der Waals surface area contributed by atoms with E-state index in [0.717, 1.165) is 0 Å². The molecule has 1 aliphatic heterocycles. The van der Waals surface area contributed by atoms with Crippen LogP contribution in [-0.2, 0) is 0 Å². The van der Waals surface area contributed by atoms with Crippen LogP contribution in [0.5, 0.6) is 0 Å². The van der Waals surface area contributed by atoms with E-state index < -0.39 is 0 Å². The first-order valence-corrected chi connectivity index (χ1v) is 1.43. The molecule has 1 heterocycles. The molecular weight excluding hydrogens is 62.1 g/mol. The molecule has 0 spiro atoms. The monoisotopic (exact) mass is 65.0 g/mol. The summed E-state index contributed by atoms with van der Waals surface area (Å²) in [4.78, 5) is 3.66. The number of hydrogen-bond acceptors (Lipinski definition) is 1. The van der Waals surface area contributed by atoms with Gasteiger partial charge in [0.2, 0.25) is 0 Å². The van der Waals surface area contributed by atoms with Gasteiger partial charge in [0, 0.05) is 6.21 Å². The summed E-state index contributed by atoms with van der Waals surface area (Å²) in [7, 11) is 0. The lowest BCUT2D eigenvalue weighted by atomic mass is 10.5. The summed E-state index contributed by atoms with van der Waals surface area (Å²) in [5.41, 5.74) is 0. The summed E-state index contributed by atoms with van der Waals surface area (Å²) in [5, 5.41) is 0. The zero-order chi connectivity index (χ0) is 3.70. The Morgan fingerprint density at radius 3 is 2.60 bits per heavy atom. The first-order valence-electron chi connectivity index (χ1n) is 1.43. The lowest BCUT2D eigenvalue weighted by Crippen LogP contribution is -1.72. The average molecular weight is 65.1 g/mol. The first kappa shape index (κ1) is 2.47. The molecule has 0 radical (unpaired) electrons. The van der Waals surface area contributed by atoms with Crippen molar-refractivity contribution >= 4 is 6.21 Å². The first-order chi connectivity index (χ1) is 2.43. The van der Waals surface area contributed by atoms with Gasteiger partial charge in [0.15, 0.2) is 0 Å². The fourth-order valence-electron chi connectivity index (χ4n) is 0.129. The van der Waals surface area contributed by atoms with Gasteiger partial charge in [-0.2, -0.15) is 0 Å². The van der Waals surface area contributed by atoms with Crippen molar-refractivity contribution in [2.45, 2.75) is 6.04 Å². The van der Waals surface area contributed by atoms with Crippen molar-refractivity contribution in [1.29, 1.82) is 0 Å². The van der Waals surface area contributed by atoms with Gasteiger partial charge in [0.05, 0.1) is 0 Å². The Balaban J connectivity index is 2.37. The molecule has 1 aliphatic rings. The number of rotatable bonds is 0. The predicted octanol–water partition coefficient (Wildman–Crippen LogP) is 0.0726. The quantitative estimate of drug-likeness (QED) is 0.354. The molecule has 0 aromatic heterocycles. The highest BCUT2D eigenvalue weighted by Crippen LogP contribution is 1.94. The third kappa shape index (κ3) is 0.273. The van der Waals surface area contributed by atoms with Crippen molar-refractivity contribution in [3.8, 4) is 12.3 Å². The van der Waals surface area contributed by atoms with Gasteiger partial charge in [-0.1, -0.05) is 5.92 Å². The highest BCUT2D eigenvalue weighted by Gasteiger charge is 2.04. The molecule has 0 aromatic carbocycles. The summed E-state index contributed by atoms with van der Waals surface area (Å²) < 4.78 is 0. The highest BCUT2D eigenvalue weighted by molar-refractivity contribution is 5.81. The van der Waals surface area contributed by atoms with Gasteiger partial charge in [0.25, 0.3) is 0 Å². The summed E-state index contributed by atoms with van der Waals surface area (Å²) >= 11 is 0. The Kier molecular flexibility index (Phi) is 0.290. The lowest BCUT2D eigenvalue weighted by Gasteiger charge is -1.58. The molecule has 0 aliphatic carbocycles. The Labute approximate surface area is 30.7 Å². The summed E-state index contributed by atoms with van der Waals surface area (Å²) in [6, 6.07) is 0.162. The zero-order valence-electron chi connectivity index (χ0n) is 2.68. The van der Waals surface area contributed by atoms with Gasteiger partial charge in [-0.15, -0.1) is 6.42 Å². The van der Waals surface area contributed by atoms with E-state index in [-0.39, 0.29) is 6.04 Å². The molecule has 1 heteroatoms. The van der Waals surface area contributed by atoms with E-state index in [1.54, 1.807) is 6.21 Å². The van der Waals surface area contributed by atoms with E-state index in [1.165, 1.54) is 0 Å². The van der Waals surface area contributed by atoms with Crippen molar-refractivity contribution in [2.75, 3.05) is 0 Å². The Hall–Kier alpha value is -0.770. The minimum Gasteiger partial charge on any atom is -0.272 e. The second-order valence-corrected chi connectivity index (χ2v) is 0.910. The second kappa shape index (κ2) is 0.587. The third-order valence-corrected chi connectivity index (χ3v) is 0.469. The van der Waals surface area contributed by atoms with Crippen LogP contribution in [-0.4, -0.2) is 12.3 Å². The van der Waals surface area contributed by atoms with Crippen LogP contribution in [0.2, 0.25) is 0 Å². The maximum atomic E-state index is 4.86. The van der Waals surface area contributed by atoms with Crippen molar-refractivity contribution in [1.82, 2.24) is 0 Å². The summed E-state index contributed by atoms with van der Waals surface area (Å²) in [6.45, 7) is 0. The predicted molar refractivity (Wildman–Crippen MR) is 21.1 cm³/mol. The minimum atomic E-state index is 0.162. The second-order valence-electron chi connectivity index (χ2n) is 0.910. The number of aliphatic imine (C=N–C) groups is 1. The molecule has 0 saturated carbocycles. The van der Waals surface area contributed by atoms with Crippen LogP contribution in [0, 0.1) is 12.3 Å². The van der Waals surface area contributed by atoms with Crippen LogP contribution in [0.25, 0.3) is 0 Å². The minimum absolute atomic E-state index is 0.162. The molecule has 0 amide bonds. The van der Waals surface area contributed by atoms with Crippen LogP contribution < -0.4 is 0 Å². The van der Waals surface area contributed by atoms with Crippen LogP contribution in [0.3, 0.4) is 0 Å². The van der Waals surface area contributed by atoms with Gasteiger partial charge >= 0.3 is 0 Å². The van der Waals surface area contributed by atoms with E-state index in [4.69, 9.17) is 6.42 Å². The van der Waals surface area contributed by atoms with Crippen LogP contribution in [0.4, 0.5) is 0 Å². The topological polar surface area (TPSA) is 12.4 Å². The Morgan fingerprint density at radius 1 is 2.00 bits per heavy atom. The van der Waals surface area contributed by atoms with Crippen molar-refractivity contribution in [3.63, 3.8) is 0 Å². The molecule has 0 bridgehead atoms. The van der Waals surface area contributed by atoms with Crippen LogP contribution in [0.1, 0.15) is 0 Å². The van der Waals surface area contributed by atoms with Gasteiger partial charge in [0.1, 0.15) is 6.04 Å². The molecule has 1 rings (SSSR count). The average Bonchev–Trinajstić information content (AvgIpc) is 2.12. The molecule has 1 atom stereocenters. The lowest BCUT2D eigenvalue weighted by molar-refractivity contribution is 1.35. The molecule has 1 unspecified atom stereocenters.